The summed E-state index contributed by atoms with van der Waals surface area (Å²) in [6.07, 6.45) is 18.8. The van der Waals surface area contributed by atoms with Crippen molar-refractivity contribution in [1.29, 1.82) is 0 Å². The molecule has 1 atom stereocenters. The summed E-state index contributed by atoms with van der Waals surface area (Å²) in [5.41, 5.74) is 0. The van der Waals surface area contributed by atoms with Crippen molar-refractivity contribution in [2.75, 3.05) is 52.6 Å². The normalized spacial score (nSPS) is 11.9. The predicted octanol–water partition coefficient (Wildman–Crippen LogP) is -3.41. The number of aliphatic hydroxyl groups is 3. The van der Waals surface area contributed by atoms with E-state index in [1.54, 1.807) is 0 Å². The van der Waals surface area contributed by atoms with Crippen LogP contribution >= 0.6 is 0 Å². The van der Waals surface area contributed by atoms with Gasteiger partial charge in [0.15, 0.2) is 5.25 Å². The summed E-state index contributed by atoms with van der Waals surface area (Å²) in [7, 11) is -5.18. The van der Waals surface area contributed by atoms with Gasteiger partial charge >= 0.3 is 35.5 Å². The number of hydrogen-bond acceptors (Lipinski definition) is 11. The van der Waals surface area contributed by atoms with E-state index in [1.807, 2.05) is 0 Å². The molecule has 0 saturated carbocycles. The second-order valence-electron chi connectivity index (χ2n) is 10.6. The monoisotopic (exact) mass is 676 g/mol. The maximum absolute atomic E-state index is 11.8. The number of nitrogens with one attached hydrogen (secondary N) is 2. The molecule has 0 aliphatic heterocycles. The number of aliphatic carboxylic acids is 1. The second kappa shape index (κ2) is 34.2. The molecule has 13 nitrogen and oxygen atoms in total. The molecular weight excluding hydrogens is 619 g/mol. The Balaban J connectivity index is -0.00000137. The van der Waals surface area contributed by atoms with Gasteiger partial charge in [-0.1, -0.05) is 70.4 Å². The van der Waals surface area contributed by atoms with E-state index in [9.17, 15) is 32.5 Å². The molecule has 1 unspecified atom stereocenters. The van der Waals surface area contributed by atoms with Crippen LogP contribution in [0.1, 0.15) is 103 Å². The van der Waals surface area contributed by atoms with E-state index in [4.69, 9.17) is 15.3 Å². The molecule has 0 aliphatic carbocycles. The van der Waals surface area contributed by atoms with Crippen LogP contribution in [-0.2, 0) is 29.2 Å². The van der Waals surface area contributed by atoms with Crippen molar-refractivity contribution < 1.29 is 87.0 Å². The van der Waals surface area contributed by atoms with Crippen LogP contribution in [0.5, 0.6) is 0 Å². The molecule has 0 spiro atoms. The maximum atomic E-state index is 11.8. The summed E-state index contributed by atoms with van der Waals surface area (Å²) < 4.78 is 37.4. The van der Waals surface area contributed by atoms with Gasteiger partial charge in [0.1, 0.15) is 36.4 Å². The number of allylic oxidation sites excluding steroid dienone is 2. The number of hydrogen-bond donors (Lipinski definition) is 5. The average Bonchev–Trinajstić information content (AvgIpc) is 2.96. The molecule has 0 aromatic rings. The number of ether oxygens (including phenoxy) is 1. The Labute approximate surface area is 292 Å². The topological polar surface area (TPSA) is 218 Å². The third-order valence-corrected chi connectivity index (χ3v) is 7.75. The molecule has 0 aliphatic rings. The van der Waals surface area contributed by atoms with Gasteiger partial charge in [-0.15, -0.1) is 0 Å². The molecule has 260 valence electrons. The van der Waals surface area contributed by atoms with Crippen LogP contribution in [0.25, 0.3) is 0 Å². The van der Waals surface area contributed by atoms with Crippen molar-refractivity contribution >= 4 is 28.0 Å². The zero-order chi connectivity index (χ0) is 33.5. The molecule has 0 aromatic heterocycles. The van der Waals surface area contributed by atoms with E-state index in [0.717, 1.165) is 43.4 Å². The van der Waals surface area contributed by atoms with Gasteiger partial charge in [0.2, 0.25) is 5.91 Å². The SMILES string of the molecule is CCCCCCCCC=CCCCCCCCC(=O)NCCOC(=O)C(CC(=O)[O-])S(=O)(=O)[O-].OCC[NH+](CCO)CCO.[Na+]. The van der Waals surface area contributed by atoms with Gasteiger partial charge < -0.3 is 44.7 Å². The number of aliphatic hydroxyl groups excluding tert-OH is 3. The van der Waals surface area contributed by atoms with Gasteiger partial charge in [0.05, 0.1) is 26.4 Å². The molecule has 15 heteroatoms. The minimum Gasteiger partial charge on any atom is -0.747 e. The van der Waals surface area contributed by atoms with Crippen LogP contribution < -0.4 is 44.9 Å². The van der Waals surface area contributed by atoms with Crippen LogP contribution in [0.3, 0.4) is 0 Å². The number of carbonyl (C=O) groups is 3. The maximum Gasteiger partial charge on any atom is 1.00 e. The van der Waals surface area contributed by atoms with Crippen LogP contribution in [0.15, 0.2) is 12.2 Å². The Morgan fingerprint density at radius 1 is 0.822 bits per heavy atom. The zero-order valence-corrected chi connectivity index (χ0v) is 30.3. The molecule has 1 amide bonds. The summed E-state index contributed by atoms with van der Waals surface area (Å²) in [6, 6.07) is 0. The van der Waals surface area contributed by atoms with Crippen molar-refractivity contribution in [3.05, 3.63) is 12.2 Å². The molecule has 0 fully saturated rings. The van der Waals surface area contributed by atoms with E-state index in [1.165, 1.54) is 44.9 Å². The molecule has 0 aromatic carbocycles. The van der Waals surface area contributed by atoms with E-state index in [2.05, 4.69) is 29.1 Å². The van der Waals surface area contributed by atoms with Gasteiger partial charge in [-0.25, -0.2) is 8.42 Å². The van der Waals surface area contributed by atoms with Crippen molar-refractivity contribution in [2.45, 2.75) is 108 Å². The Hall–Kier alpha value is -1.10. The van der Waals surface area contributed by atoms with Gasteiger partial charge in [-0.2, -0.15) is 0 Å². The number of carboxylic acids is 1. The molecule has 0 rings (SSSR count). The second-order valence-corrected chi connectivity index (χ2v) is 12.1. The molecular formula is C30H57N2NaO11S. The molecule has 0 heterocycles. The fraction of sp³-hybridized carbons (Fsp3) is 0.833. The van der Waals surface area contributed by atoms with Crippen molar-refractivity contribution in [1.82, 2.24) is 5.32 Å². The molecule has 5 N–H and O–H groups in total. The minimum atomic E-state index is -5.18. The molecule has 0 radical (unpaired) electrons. The number of esters is 1. The molecule has 45 heavy (non-hydrogen) atoms. The Bertz CT molecular complexity index is 847. The number of unbranched alkanes of at least 4 members (excludes halogenated alkanes) is 11. The van der Waals surface area contributed by atoms with Gasteiger partial charge in [-0.05, 0) is 32.1 Å². The van der Waals surface area contributed by atoms with Gasteiger partial charge in [-0.3, -0.25) is 9.59 Å². The number of carboxylic acid groups (broad SMARTS) is 1. The zero-order valence-electron chi connectivity index (χ0n) is 27.5. The van der Waals surface area contributed by atoms with Crippen molar-refractivity contribution in [3.63, 3.8) is 0 Å². The number of amides is 1. The largest absolute Gasteiger partial charge is 1.00 e. The summed E-state index contributed by atoms with van der Waals surface area (Å²) in [6.45, 7) is 3.91. The fourth-order valence-corrected chi connectivity index (χ4v) is 4.83. The Morgan fingerprint density at radius 3 is 1.73 bits per heavy atom. The fourth-order valence-electron chi connectivity index (χ4n) is 4.18. The first kappa shape index (κ1) is 48.3. The van der Waals surface area contributed by atoms with Crippen LogP contribution in [0.4, 0.5) is 0 Å². The van der Waals surface area contributed by atoms with Crippen LogP contribution in [0.2, 0.25) is 0 Å². The quantitative estimate of drug-likeness (QED) is 0.0181. The smallest absolute Gasteiger partial charge is 0.747 e. The van der Waals surface area contributed by atoms with E-state index in [-0.39, 0.29) is 68.4 Å². The van der Waals surface area contributed by atoms with Crippen LogP contribution in [-0.4, -0.2) is 104 Å². The summed E-state index contributed by atoms with van der Waals surface area (Å²) in [4.78, 5) is 34.9. The molecule has 0 saturated heterocycles. The number of carbonyl (C=O) groups excluding carboxylic acids is 3. The average molecular weight is 677 g/mol. The van der Waals surface area contributed by atoms with Gasteiger partial charge in [0, 0.05) is 18.8 Å². The first-order valence-corrected chi connectivity index (χ1v) is 17.4. The Kier molecular flexibility index (Phi) is 36.8. The predicted molar refractivity (Wildman–Crippen MR) is 163 cm³/mol. The van der Waals surface area contributed by atoms with Gasteiger partial charge in [0.25, 0.3) is 0 Å². The minimum absolute atomic E-state index is 0. The number of rotatable bonds is 28. The van der Waals surface area contributed by atoms with Crippen molar-refractivity contribution in [3.8, 4) is 0 Å². The van der Waals surface area contributed by atoms with Crippen LogP contribution in [0, 0.1) is 0 Å². The molecule has 0 bridgehead atoms. The summed E-state index contributed by atoms with van der Waals surface area (Å²) in [5, 5.41) is 36.2. The third kappa shape index (κ3) is 34.1. The van der Waals surface area contributed by atoms with E-state index < -0.39 is 33.7 Å². The third-order valence-electron chi connectivity index (χ3n) is 6.69. The Morgan fingerprint density at radius 2 is 1.29 bits per heavy atom. The summed E-state index contributed by atoms with van der Waals surface area (Å²) in [5.74, 6) is -3.54. The van der Waals surface area contributed by atoms with E-state index >= 15 is 0 Å². The van der Waals surface area contributed by atoms with E-state index in [0.29, 0.717) is 26.1 Å². The standard InChI is InChI=1S/C24H43NO8S.C6H15NO3.Na/c1-2-3-4-5-6-7-8-9-10-11-12-13-14-15-16-17-22(26)25-18-19-33-24(29)21(20-23(27)28)34(30,31)32;8-4-1-7(2-5-9)3-6-10;/h9-10,21H,2-8,11-20H2,1H3,(H,25,26)(H,27,28)(H,30,31,32);8-10H,1-6H2;/q;;+1/p-1. The van der Waals surface area contributed by atoms with Crippen molar-refractivity contribution in [2.24, 2.45) is 0 Å². The number of quaternary nitrogens is 1. The summed E-state index contributed by atoms with van der Waals surface area (Å²) >= 11 is 0. The first-order chi connectivity index (χ1) is 21.0. The first-order valence-electron chi connectivity index (χ1n) is 15.9.